The van der Waals surface area contributed by atoms with Gasteiger partial charge in [-0.2, -0.15) is 4.98 Å². The highest BCUT2D eigenvalue weighted by Gasteiger charge is 2.06. The van der Waals surface area contributed by atoms with Crippen molar-refractivity contribution >= 4 is 68.6 Å². The number of anilines is 1. The van der Waals surface area contributed by atoms with Gasteiger partial charge in [0.2, 0.25) is 24.2 Å². The summed E-state index contributed by atoms with van der Waals surface area (Å²) in [7, 11) is 0. The molecule has 7 aromatic heterocycles. The molecule has 0 aliphatic carbocycles. The van der Waals surface area contributed by atoms with Gasteiger partial charge in [-0.05, 0) is 48.5 Å². The number of nitrogens with two attached hydrogens (primary N) is 1. The van der Waals surface area contributed by atoms with Crippen LogP contribution in [0.25, 0.3) is 38.4 Å². The number of aromatic nitrogens is 7. The van der Waals surface area contributed by atoms with Crippen molar-refractivity contribution in [2.24, 2.45) is 5.73 Å². The third kappa shape index (κ3) is 9.48. The predicted octanol–water partition coefficient (Wildman–Crippen LogP) is 2.22. The third-order valence-corrected chi connectivity index (χ3v) is 6.18. The first kappa shape index (κ1) is 33.9. The Hall–Kier alpha value is -7.03. The fourth-order valence-electron chi connectivity index (χ4n) is 4.08. The van der Waals surface area contributed by atoms with E-state index in [1.807, 2.05) is 47.0 Å². The van der Waals surface area contributed by atoms with Gasteiger partial charge in [0.15, 0.2) is 0 Å². The predicted molar refractivity (Wildman–Crippen MR) is 175 cm³/mol. The van der Waals surface area contributed by atoms with Crippen molar-refractivity contribution in [2.45, 2.75) is 12.8 Å². The lowest BCUT2D eigenvalue weighted by molar-refractivity contribution is -0.904. The number of carbonyl (C=O) groups is 4. The quantitative estimate of drug-likeness (QED) is 0.0810. The third-order valence-electron chi connectivity index (χ3n) is 6.18. The minimum atomic E-state index is -0.579. The van der Waals surface area contributed by atoms with Gasteiger partial charge in [0.1, 0.15) is 24.0 Å². The van der Waals surface area contributed by atoms with Crippen molar-refractivity contribution in [2.75, 3.05) is 5.32 Å². The molecule has 0 fully saturated rings. The highest BCUT2D eigenvalue weighted by atomic mass is 16.5. The standard InChI is InChI=1S/C11H9N3O2.C11H7N3O.C8H7N2O.C3H5NO2/c15-7-4-10(16)14-11-8-2-1-5-12-9(8)3-6-13-11;15-10-4-7-14-6-3-9-8(11(14)13-10)2-1-5-12-9;11-10-5-3-8-7(6-10)2-1-4-9-8;4-3(6)1-2-5/h1-3,5-7H,4H2,(H,13,14,16);1-7H;1-6,11H;2H,1H2,(H2,4,6)/q;;+1;. The van der Waals surface area contributed by atoms with E-state index in [4.69, 9.17) is 5.21 Å². The molecule has 0 unspecified atom stereocenters. The Bertz CT molecular complexity index is 2270. The SMILES string of the molecule is NC(=O)CC=O.O=CCC(=O)Nc1nccc2ncccc12.O=c1ccn2ccc3ncccc3c2n1.O[n+]1ccc2ncccc2c1. The molecule has 15 heteroatoms. The van der Waals surface area contributed by atoms with E-state index >= 15 is 0 Å². The van der Waals surface area contributed by atoms with Gasteiger partial charge in [0.05, 0.1) is 34.8 Å². The van der Waals surface area contributed by atoms with Gasteiger partial charge in [-0.1, -0.05) is 0 Å². The molecule has 0 saturated carbocycles. The van der Waals surface area contributed by atoms with Crippen LogP contribution in [0.5, 0.6) is 0 Å². The number of hydrogen-bond acceptors (Lipinski definition) is 11. The number of fused-ring (bicyclic) bond motifs is 5. The molecule has 0 aliphatic rings. The van der Waals surface area contributed by atoms with E-state index in [1.165, 1.54) is 6.07 Å². The molecule has 0 bridgehead atoms. The van der Waals surface area contributed by atoms with E-state index in [9.17, 15) is 24.0 Å². The molecule has 15 nitrogen and oxygen atoms in total. The molecule has 0 saturated heterocycles. The number of carbonyl (C=O) groups excluding carboxylic acids is 4. The summed E-state index contributed by atoms with van der Waals surface area (Å²) in [5.74, 6) is -0.527. The van der Waals surface area contributed by atoms with Crippen LogP contribution in [0.2, 0.25) is 0 Å². The Morgan fingerprint density at radius 3 is 2.12 bits per heavy atom. The number of rotatable bonds is 5. The van der Waals surface area contributed by atoms with Crippen LogP contribution in [-0.4, -0.2) is 58.9 Å². The zero-order valence-corrected chi connectivity index (χ0v) is 25.2. The molecule has 4 N–H and O–H groups in total. The van der Waals surface area contributed by atoms with Crippen molar-refractivity contribution in [1.82, 2.24) is 29.3 Å². The smallest absolute Gasteiger partial charge is 0.273 e. The van der Waals surface area contributed by atoms with Crippen LogP contribution in [0, 0.1) is 0 Å². The van der Waals surface area contributed by atoms with Gasteiger partial charge in [-0.15, -0.1) is 0 Å². The molecule has 7 aromatic rings. The highest BCUT2D eigenvalue weighted by molar-refractivity contribution is 6.02. The molecular weight excluding hydrogens is 618 g/mol. The van der Waals surface area contributed by atoms with Crippen molar-refractivity contribution in [1.29, 1.82) is 0 Å². The van der Waals surface area contributed by atoms with Crippen molar-refractivity contribution in [3.8, 4) is 0 Å². The average Bonchev–Trinajstić information content (AvgIpc) is 3.09. The van der Waals surface area contributed by atoms with E-state index in [0.717, 1.165) is 37.4 Å². The molecule has 7 heterocycles. The summed E-state index contributed by atoms with van der Waals surface area (Å²) < 4.78 is 2.83. The lowest BCUT2D eigenvalue weighted by Gasteiger charge is -2.05. The van der Waals surface area contributed by atoms with Crippen LogP contribution in [0.4, 0.5) is 5.82 Å². The van der Waals surface area contributed by atoms with Crippen molar-refractivity contribution < 1.29 is 29.1 Å². The fourth-order valence-corrected chi connectivity index (χ4v) is 4.08. The molecule has 240 valence electrons. The number of hydrogen-bond donors (Lipinski definition) is 3. The Morgan fingerprint density at radius 2 is 1.44 bits per heavy atom. The molecule has 48 heavy (non-hydrogen) atoms. The van der Waals surface area contributed by atoms with E-state index in [-0.39, 0.29) is 24.3 Å². The lowest BCUT2D eigenvalue weighted by Crippen LogP contribution is -2.27. The molecule has 0 spiro atoms. The minimum Gasteiger partial charge on any atom is -0.369 e. The lowest BCUT2D eigenvalue weighted by atomic mass is 10.2. The maximum atomic E-state index is 11.3. The van der Waals surface area contributed by atoms with Crippen LogP contribution in [0.3, 0.4) is 0 Å². The maximum absolute atomic E-state index is 11.3. The summed E-state index contributed by atoms with van der Waals surface area (Å²) in [5, 5.41) is 14.2. The molecule has 0 aliphatic heterocycles. The van der Waals surface area contributed by atoms with Gasteiger partial charge < -0.3 is 25.0 Å². The van der Waals surface area contributed by atoms with Gasteiger partial charge >= 0.3 is 0 Å². The Kier molecular flexibility index (Phi) is 11.9. The van der Waals surface area contributed by atoms with Crippen LogP contribution in [0.15, 0.2) is 115 Å². The Labute approximate surface area is 271 Å². The minimum absolute atomic E-state index is 0.167. The molecule has 0 aromatic carbocycles. The number of amides is 2. The average molecular weight is 647 g/mol. The zero-order chi connectivity index (χ0) is 34.3. The number of pyridine rings is 6. The summed E-state index contributed by atoms with van der Waals surface area (Å²) >= 11 is 0. The van der Waals surface area contributed by atoms with E-state index in [2.05, 4.69) is 36.0 Å². The summed E-state index contributed by atoms with van der Waals surface area (Å²) in [6.07, 6.45) is 14.1. The Morgan fingerprint density at radius 1 is 0.792 bits per heavy atom. The molecular formula is C33H28N9O6+. The largest absolute Gasteiger partial charge is 0.369 e. The first-order valence-corrected chi connectivity index (χ1v) is 14.1. The molecule has 7 rings (SSSR count). The second-order valence-electron chi connectivity index (χ2n) is 9.54. The van der Waals surface area contributed by atoms with Crippen LogP contribution >= 0.6 is 0 Å². The normalized spacial score (nSPS) is 10.0. The van der Waals surface area contributed by atoms with E-state index in [1.54, 1.807) is 61.6 Å². The number of nitrogens with one attached hydrogen (secondary N) is 1. The summed E-state index contributed by atoms with van der Waals surface area (Å²) in [6.45, 7) is 0. The fraction of sp³-hybridized carbons (Fsp3) is 0.0606. The van der Waals surface area contributed by atoms with Crippen molar-refractivity contribution in [3.63, 3.8) is 0 Å². The second kappa shape index (κ2) is 16.9. The molecule has 0 radical (unpaired) electrons. The summed E-state index contributed by atoms with van der Waals surface area (Å²) in [5.41, 5.74) is 7.43. The summed E-state index contributed by atoms with van der Waals surface area (Å²) in [6, 6.07) is 17.9. The van der Waals surface area contributed by atoms with Crippen molar-refractivity contribution in [3.05, 3.63) is 121 Å². The first-order valence-electron chi connectivity index (χ1n) is 14.1. The zero-order valence-electron chi connectivity index (χ0n) is 25.2. The van der Waals surface area contributed by atoms with Gasteiger partial charge in [0.25, 0.3) is 5.56 Å². The topological polar surface area (TPSA) is 216 Å². The molecule has 2 amide bonds. The van der Waals surface area contributed by atoms with Crippen LogP contribution in [0.1, 0.15) is 12.8 Å². The van der Waals surface area contributed by atoms with E-state index < -0.39 is 5.91 Å². The summed E-state index contributed by atoms with van der Waals surface area (Å²) in [4.78, 5) is 72.0. The monoisotopic (exact) mass is 646 g/mol. The highest BCUT2D eigenvalue weighted by Crippen LogP contribution is 2.18. The number of nitrogens with zero attached hydrogens (tertiary/aromatic N) is 7. The maximum Gasteiger partial charge on any atom is 0.273 e. The van der Waals surface area contributed by atoms with Crippen LogP contribution < -0.4 is 21.3 Å². The number of primary amides is 1. The Balaban J connectivity index is 0.000000152. The van der Waals surface area contributed by atoms with Gasteiger partial charge in [0, 0.05) is 64.8 Å². The number of aldehydes is 2. The van der Waals surface area contributed by atoms with E-state index in [0.29, 0.717) is 24.0 Å². The second-order valence-corrected chi connectivity index (χ2v) is 9.54. The van der Waals surface area contributed by atoms with Gasteiger partial charge in [-0.25, -0.2) is 4.98 Å². The molecule has 0 atom stereocenters. The van der Waals surface area contributed by atoms with Crippen LogP contribution in [-0.2, 0) is 19.2 Å². The van der Waals surface area contributed by atoms with Gasteiger partial charge in [-0.3, -0.25) is 34.5 Å². The first-order chi connectivity index (χ1) is 23.3.